The molecule has 1 atom stereocenters. The van der Waals surface area contributed by atoms with Crippen LogP contribution in [0, 0.1) is 5.92 Å². The fraction of sp³-hybridized carbons (Fsp3) is 0.316. The SMILES string of the molecule is O=C(CC1CCCNC1)Nc1cccc(-c2ccccc2)c1. The molecule has 1 fully saturated rings. The summed E-state index contributed by atoms with van der Waals surface area (Å²) in [6.45, 7) is 2.04. The van der Waals surface area contributed by atoms with E-state index in [2.05, 4.69) is 28.8 Å². The molecule has 22 heavy (non-hydrogen) atoms. The van der Waals surface area contributed by atoms with E-state index in [1.54, 1.807) is 0 Å². The molecule has 1 amide bonds. The summed E-state index contributed by atoms with van der Waals surface area (Å²) in [5.41, 5.74) is 3.16. The number of hydrogen-bond acceptors (Lipinski definition) is 2. The van der Waals surface area contributed by atoms with Crippen LogP contribution >= 0.6 is 0 Å². The maximum atomic E-state index is 12.2. The molecule has 0 spiro atoms. The van der Waals surface area contributed by atoms with Crippen molar-refractivity contribution in [3.8, 4) is 11.1 Å². The Labute approximate surface area is 131 Å². The molecule has 0 aliphatic carbocycles. The van der Waals surface area contributed by atoms with Gasteiger partial charge in [-0.3, -0.25) is 4.79 Å². The summed E-state index contributed by atoms with van der Waals surface area (Å²) in [5, 5.41) is 6.39. The third-order valence-corrected chi connectivity index (χ3v) is 4.13. The second-order valence-electron chi connectivity index (χ2n) is 5.91. The maximum absolute atomic E-state index is 12.2. The van der Waals surface area contributed by atoms with Crippen LogP contribution in [0.15, 0.2) is 54.6 Å². The highest BCUT2D eigenvalue weighted by Crippen LogP contribution is 2.23. The molecular weight excluding hydrogens is 272 g/mol. The Hall–Kier alpha value is -2.13. The average molecular weight is 294 g/mol. The lowest BCUT2D eigenvalue weighted by Crippen LogP contribution is -2.32. The molecule has 2 aromatic carbocycles. The summed E-state index contributed by atoms with van der Waals surface area (Å²) in [5.74, 6) is 0.574. The van der Waals surface area contributed by atoms with Crippen molar-refractivity contribution in [1.29, 1.82) is 0 Å². The first kappa shape index (κ1) is 14.8. The molecule has 1 aliphatic rings. The van der Waals surface area contributed by atoms with E-state index in [0.717, 1.165) is 36.3 Å². The van der Waals surface area contributed by atoms with E-state index < -0.39 is 0 Å². The van der Waals surface area contributed by atoms with Gasteiger partial charge in [0, 0.05) is 12.1 Å². The summed E-state index contributed by atoms with van der Waals surface area (Å²) in [6.07, 6.45) is 2.91. The van der Waals surface area contributed by atoms with E-state index >= 15 is 0 Å². The number of anilines is 1. The van der Waals surface area contributed by atoms with E-state index in [9.17, 15) is 4.79 Å². The molecule has 3 heteroatoms. The standard InChI is InChI=1S/C19H22N2O/c22-19(12-15-6-5-11-20-14-15)21-18-10-4-9-17(13-18)16-7-2-1-3-8-16/h1-4,7-10,13,15,20H,5-6,11-12,14H2,(H,21,22). The lowest BCUT2D eigenvalue weighted by molar-refractivity contribution is -0.117. The van der Waals surface area contributed by atoms with Crippen LogP contribution in [-0.2, 0) is 4.79 Å². The van der Waals surface area contributed by atoms with E-state index in [1.165, 1.54) is 6.42 Å². The third-order valence-electron chi connectivity index (χ3n) is 4.13. The zero-order valence-corrected chi connectivity index (χ0v) is 12.7. The van der Waals surface area contributed by atoms with Crippen molar-refractivity contribution in [2.45, 2.75) is 19.3 Å². The molecule has 1 aliphatic heterocycles. The smallest absolute Gasteiger partial charge is 0.224 e. The number of piperidine rings is 1. The van der Waals surface area contributed by atoms with E-state index in [1.807, 2.05) is 36.4 Å². The highest BCUT2D eigenvalue weighted by Gasteiger charge is 2.16. The Morgan fingerprint density at radius 2 is 1.91 bits per heavy atom. The van der Waals surface area contributed by atoms with Crippen LogP contribution < -0.4 is 10.6 Å². The minimum Gasteiger partial charge on any atom is -0.326 e. The first-order valence-electron chi connectivity index (χ1n) is 7.97. The fourth-order valence-corrected chi connectivity index (χ4v) is 2.98. The molecule has 0 radical (unpaired) electrons. The molecular formula is C19H22N2O. The zero-order valence-electron chi connectivity index (χ0n) is 12.7. The Bertz CT molecular complexity index is 618. The van der Waals surface area contributed by atoms with Crippen molar-refractivity contribution in [2.24, 2.45) is 5.92 Å². The summed E-state index contributed by atoms with van der Waals surface area (Å²) >= 11 is 0. The third kappa shape index (κ3) is 3.95. The van der Waals surface area contributed by atoms with Crippen LogP contribution in [0.2, 0.25) is 0 Å². The number of nitrogens with one attached hydrogen (secondary N) is 2. The number of benzene rings is 2. The van der Waals surface area contributed by atoms with Gasteiger partial charge in [-0.25, -0.2) is 0 Å². The van der Waals surface area contributed by atoms with Crippen molar-refractivity contribution < 1.29 is 4.79 Å². The van der Waals surface area contributed by atoms with Gasteiger partial charge in [-0.1, -0.05) is 42.5 Å². The van der Waals surface area contributed by atoms with Gasteiger partial charge in [-0.2, -0.15) is 0 Å². The van der Waals surface area contributed by atoms with Crippen molar-refractivity contribution >= 4 is 11.6 Å². The molecule has 0 bridgehead atoms. The van der Waals surface area contributed by atoms with Gasteiger partial charge in [0.1, 0.15) is 0 Å². The van der Waals surface area contributed by atoms with Crippen molar-refractivity contribution in [2.75, 3.05) is 18.4 Å². The van der Waals surface area contributed by atoms with Crippen LogP contribution in [0.4, 0.5) is 5.69 Å². The van der Waals surface area contributed by atoms with Crippen LogP contribution in [0.3, 0.4) is 0 Å². The van der Waals surface area contributed by atoms with Gasteiger partial charge < -0.3 is 10.6 Å². The van der Waals surface area contributed by atoms with Gasteiger partial charge in [0.2, 0.25) is 5.91 Å². The minimum absolute atomic E-state index is 0.110. The second-order valence-corrected chi connectivity index (χ2v) is 5.91. The molecule has 1 saturated heterocycles. The Morgan fingerprint density at radius 3 is 2.68 bits per heavy atom. The Morgan fingerprint density at radius 1 is 1.09 bits per heavy atom. The first-order chi connectivity index (χ1) is 10.8. The average Bonchev–Trinajstić information content (AvgIpc) is 2.57. The summed E-state index contributed by atoms with van der Waals surface area (Å²) < 4.78 is 0. The van der Waals surface area contributed by atoms with Gasteiger partial charge >= 0.3 is 0 Å². The van der Waals surface area contributed by atoms with Gasteiger partial charge in [-0.15, -0.1) is 0 Å². The number of hydrogen-bond donors (Lipinski definition) is 2. The topological polar surface area (TPSA) is 41.1 Å². The van der Waals surface area contributed by atoms with E-state index in [-0.39, 0.29) is 5.91 Å². The van der Waals surface area contributed by atoms with E-state index in [4.69, 9.17) is 0 Å². The molecule has 114 valence electrons. The Balaban J connectivity index is 1.64. The predicted molar refractivity (Wildman–Crippen MR) is 90.7 cm³/mol. The summed E-state index contributed by atoms with van der Waals surface area (Å²) in [6, 6.07) is 18.2. The molecule has 0 saturated carbocycles. The van der Waals surface area contributed by atoms with Crippen LogP contribution in [0.25, 0.3) is 11.1 Å². The largest absolute Gasteiger partial charge is 0.326 e. The van der Waals surface area contributed by atoms with Crippen LogP contribution in [0.1, 0.15) is 19.3 Å². The van der Waals surface area contributed by atoms with Crippen LogP contribution in [-0.4, -0.2) is 19.0 Å². The predicted octanol–water partition coefficient (Wildman–Crippen LogP) is 3.68. The lowest BCUT2D eigenvalue weighted by Gasteiger charge is -2.22. The highest BCUT2D eigenvalue weighted by atomic mass is 16.1. The van der Waals surface area contributed by atoms with Gasteiger partial charge in [0.15, 0.2) is 0 Å². The highest BCUT2D eigenvalue weighted by molar-refractivity contribution is 5.91. The molecule has 2 N–H and O–H groups in total. The number of rotatable bonds is 4. The van der Waals surface area contributed by atoms with Gasteiger partial charge in [0.05, 0.1) is 0 Å². The number of carbonyl (C=O) groups excluding carboxylic acids is 1. The maximum Gasteiger partial charge on any atom is 0.224 e. The zero-order chi connectivity index (χ0) is 15.2. The number of amides is 1. The monoisotopic (exact) mass is 294 g/mol. The summed E-state index contributed by atoms with van der Waals surface area (Å²) in [4.78, 5) is 12.2. The lowest BCUT2D eigenvalue weighted by atomic mass is 9.96. The molecule has 2 aromatic rings. The quantitative estimate of drug-likeness (QED) is 0.903. The molecule has 3 rings (SSSR count). The van der Waals surface area contributed by atoms with Gasteiger partial charge in [0.25, 0.3) is 0 Å². The minimum atomic E-state index is 0.110. The van der Waals surface area contributed by atoms with Crippen molar-refractivity contribution in [1.82, 2.24) is 5.32 Å². The molecule has 1 heterocycles. The normalized spacial score (nSPS) is 17.9. The van der Waals surface area contributed by atoms with Crippen LogP contribution in [0.5, 0.6) is 0 Å². The van der Waals surface area contributed by atoms with Crippen molar-refractivity contribution in [3.05, 3.63) is 54.6 Å². The fourth-order valence-electron chi connectivity index (χ4n) is 2.98. The molecule has 3 nitrogen and oxygen atoms in total. The van der Waals surface area contributed by atoms with Crippen molar-refractivity contribution in [3.63, 3.8) is 0 Å². The number of carbonyl (C=O) groups is 1. The first-order valence-corrected chi connectivity index (χ1v) is 7.97. The molecule has 1 unspecified atom stereocenters. The molecule has 0 aromatic heterocycles. The second kappa shape index (κ2) is 7.23. The van der Waals surface area contributed by atoms with E-state index in [0.29, 0.717) is 12.3 Å². The Kier molecular flexibility index (Phi) is 4.86. The summed E-state index contributed by atoms with van der Waals surface area (Å²) in [7, 11) is 0. The van der Waals surface area contributed by atoms with Gasteiger partial charge in [-0.05, 0) is 55.1 Å².